The fourth-order valence-electron chi connectivity index (χ4n) is 3.82. The molecule has 1 saturated carbocycles. The smallest absolute Gasteiger partial charge is 0.0693 e. The summed E-state index contributed by atoms with van der Waals surface area (Å²) in [6.45, 7) is 0. The molecule has 3 rings (SSSR count). The number of hydrogen-bond donors (Lipinski definition) is 1. The van der Waals surface area contributed by atoms with E-state index in [9.17, 15) is 0 Å². The van der Waals surface area contributed by atoms with Crippen molar-refractivity contribution in [1.82, 2.24) is 5.32 Å². The zero-order chi connectivity index (χ0) is 14.0. The molecule has 1 fully saturated rings. The van der Waals surface area contributed by atoms with Crippen LogP contribution < -0.4 is 5.32 Å². The van der Waals surface area contributed by atoms with Crippen molar-refractivity contribution in [3.05, 3.63) is 34.9 Å². The molecule has 0 amide bonds. The number of likely N-dealkylation sites (N-methyl/N-ethyl adjacent to an activating group) is 1. The number of methoxy groups -OCH3 is 1. The molecule has 0 aliphatic heterocycles. The summed E-state index contributed by atoms with van der Waals surface area (Å²) in [4.78, 5) is 0. The highest BCUT2D eigenvalue weighted by Crippen LogP contribution is 2.39. The van der Waals surface area contributed by atoms with E-state index in [-0.39, 0.29) is 5.60 Å². The lowest BCUT2D eigenvalue weighted by Crippen LogP contribution is -2.45. The first kappa shape index (κ1) is 14.1. The van der Waals surface area contributed by atoms with Crippen LogP contribution in [-0.4, -0.2) is 25.8 Å². The molecule has 2 nitrogen and oxygen atoms in total. The maximum Gasteiger partial charge on any atom is 0.0693 e. The monoisotopic (exact) mass is 273 g/mol. The molecule has 0 saturated heterocycles. The number of aryl methyl sites for hydroxylation is 2. The lowest BCUT2D eigenvalue weighted by Gasteiger charge is -2.42. The molecule has 1 N–H and O–H groups in total. The fraction of sp³-hybridized carbons (Fsp3) is 0.667. The number of benzene rings is 1. The summed E-state index contributed by atoms with van der Waals surface area (Å²) >= 11 is 0. The van der Waals surface area contributed by atoms with E-state index in [1.54, 1.807) is 11.1 Å². The SMILES string of the molecule is CNC(Cc1ccc2c(c1)CCC2)CC1(OC)CCC1. The second kappa shape index (κ2) is 5.87. The molecule has 0 spiro atoms. The second-order valence-corrected chi connectivity index (χ2v) is 6.59. The van der Waals surface area contributed by atoms with E-state index < -0.39 is 0 Å². The molecule has 0 aromatic heterocycles. The van der Waals surface area contributed by atoms with E-state index in [1.807, 2.05) is 7.11 Å². The van der Waals surface area contributed by atoms with Crippen molar-refractivity contribution in [2.75, 3.05) is 14.2 Å². The van der Waals surface area contributed by atoms with E-state index in [0.717, 1.165) is 12.8 Å². The number of ether oxygens (including phenoxy) is 1. The average Bonchev–Trinajstić information content (AvgIpc) is 2.89. The van der Waals surface area contributed by atoms with Crippen LogP contribution in [0, 0.1) is 0 Å². The van der Waals surface area contributed by atoms with Crippen LogP contribution >= 0.6 is 0 Å². The lowest BCUT2D eigenvalue weighted by atomic mass is 9.75. The van der Waals surface area contributed by atoms with Gasteiger partial charge in [0.05, 0.1) is 5.60 Å². The Morgan fingerprint density at radius 2 is 2.00 bits per heavy atom. The van der Waals surface area contributed by atoms with Crippen LogP contribution in [0.25, 0.3) is 0 Å². The van der Waals surface area contributed by atoms with Crippen molar-refractivity contribution < 1.29 is 4.74 Å². The molecule has 2 heteroatoms. The Balaban J connectivity index is 1.65. The molecule has 1 aromatic rings. The number of fused-ring (bicyclic) bond motifs is 1. The van der Waals surface area contributed by atoms with Crippen LogP contribution in [0.1, 0.15) is 48.8 Å². The maximum atomic E-state index is 5.78. The topological polar surface area (TPSA) is 21.3 Å². The predicted octanol–water partition coefficient (Wildman–Crippen LogP) is 3.27. The third kappa shape index (κ3) is 2.77. The van der Waals surface area contributed by atoms with E-state index in [4.69, 9.17) is 4.74 Å². The summed E-state index contributed by atoms with van der Waals surface area (Å²) < 4.78 is 5.78. The first-order valence-corrected chi connectivity index (χ1v) is 8.08. The van der Waals surface area contributed by atoms with Crippen LogP contribution in [0.4, 0.5) is 0 Å². The molecule has 1 aromatic carbocycles. The largest absolute Gasteiger partial charge is 0.378 e. The summed E-state index contributed by atoms with van der Waals surface area (Å²) in [6.07, 6.45) is 9.92. The van der Waals surface area contributed by atoms with E-state index in [0.29, 0.717) is 6.04 Å². The predicted molar refractivity (Wildman–Crippen MR) is 83.2 cm³/mol. The Bertz CT molecular complexity index is 459. The standard InChI is InChI=1S/C18H27NO/c1-19-17(13-18(20-2)9-4-10-18)12-14-7-8-15-5-3-6-16(15)11-14/h7-8,11,17,19H,3-6,9-10,12-13H2,1-2H3. The molecule has 0 radical (unpaired) electrons. The fourth-order valence-corrected chi connectivity index (χ4v) is 3.82. The second-order valence-electron chi connectivity index (χ2n) is 6.59. The number of nitrogens with one attached hydrogen (secondary N) is 1. The summed E-state index contributed by atoms with van der Waals surface area (Å²) in [6, 6.07) is 7.64. The molecular formula is C18H27NO. The third-order valence-corrected chi connectivity index (χ3v) is 5.37. The normalized spacial score (nSPS) is 21.3. The van der Waals surface area contributed by atoms with Crippen LogP contribution in [0.3, 0.4) is 0 Å². The summed E-state index contributed by atoms with van der Waals surface area (Å²) in [7, 11) is 3.96. The van der Waals surface area contributed by atoms with Crippen molar-refractivity contribution in [2.24, 2.45) is 0 Å². The quantitative estimate of drug-likeness (QED) is 0.859. The van der Waals surface area contributed by atoms with Crippen LogP contribution in [-0.2, 0) is 24.0 Å². The van der Waals surface area contributed by atoms with E-state index >= 15 is 0 Å². The molecule has 2 aliphatic carbocycles. The Kier molecular flexibility index (Phi) is 4.13. The molecule has 2 aliphatic rings. The summed E-state index contributed by atoms with van der Waals surface area (Å²) in [5.74, 6) is 0. The zero-order valence-corrected chi connectivity index (χ0v) is 12.9. The lowest BCUT2D eigenvalue weighted by molar-refractivity contribution is -0.0830. The zero-order valence-electron chi connectivity index (χ0n) is 12.9. The highest BCUT2D eigenvalue weighted by atomic mass is 16.5. The van der Waals surface area contributed by atoms with Gasteiger partial charge in [-0.3, -0.25) is 0 Å². The third-order valence-electron chi connectivity index (χ3n) is 5.37. The van der Waals surface area contributed by atoms with E-state index in [1.165, 1.54) is 44.1 Å². The van der Waals surface area contributed by atoms with Gasteiger partial charge >= 0.3 is 0 Å². The highest BCUT2D eigenvalue weighted by Gasteiger charge is 2.38. The molecule has 0 bridgehead atoms. The molecular weight excluding hydrogens is 246 g/mol. The average molecular weight is 273 g/mol. The van der Waals surface area contributed by atoms with Gasteiger partial charge < -0.3 is 10.1 Å². The van der Waals surface area contributed by atoms with Gasteiger partial charge in [-0.05, 0) is 75.1 Å². The van der Waals surface area contributed by atoms with Crippen molar-refractivity contribution in [3.8, 4) is 0 Å². The van der Waals surface area contributed by atoms with Crippen molar-refractivity contribution >= 4 is 0 Å². The Morgan fingerprint density at radius 3 is 2.65 bits per heavy atom. The van der Waals surface area contributed by atoms with Gasteiger partial charge in [0.2, 0.25) is 0 Å². The molecule has 20 heavy (non-hydrogen) atoms. The summed E-state index contributed by atoms with van der Waals surface area (Å²) in [5.41, 5.74) is 4.80. The van der Waals surface area contributed by atoms with Crippen molar-refractivity contribution in [3.63, 3.8) is 0 Å². The highest BCUT2D eigenvalue weighted by molar-refractivity contribution is 5.35. The Labute approximate surface area is 122 Å². The Hall–Kier alpha value is -0.860. The summed E-state index contributed by atoms with van der Waals surface area (Å²) in [5, 5.41) is 3.50. The van der Waals surface area contributed by atoms with Gasteiger partial charge in [-0.2, -0.15) is 0 Å². The van der Waals surface area contributed by atoms with Gasteiger partial charge in [-0.1, -0.05) is 18.2 Å². The van der Waals surface area contributed by atoms with Gasteiger partial charge in [0.25, 0.3) is 0 Å². The van der Waals surface area contributed by atoms with Gasteiger partial charge in [-0.25, -0.2) is 0 Å². The van der Waals surface area contributed by atoms with Crippen LogP contribution in [0.15, 0.2) is 18.2 Å². The molecule has 110 valence electrons. The minimum atomic E-state index is 0.157. The number of hydrogen-bond acceptors (Lipinski definition) is 2. The molecule has 0 heterocycles. The minimum Gasteiger partial charge on any atom is -0.378 e. The first-order valence-electron chi connectivity index (χ1n) is 8.08. The van der Waals surface area contributed by atoms with Gasteiger partial charge in [0.1, 0.15) is 0 Å². The van der Waals surface area contributed by atoms with Crippen molar-refractivity contribution in [2.45, 2.75) is 63.0 Å². The van der Waals surface area contributed by atoms with Gasteiger partial charge in [-0.15, -0.1) is 0 Å². The van der Waals surface area contributed by atoms with Gasteiger partial charge in [0.15, 0.2) is 0 Å². The maximum absolute atomic E-state index is 5.78. The van der Waals surface area contributed by atoms with Crippen molar-refractivity contribution in [1.29, 1.82) is 0 Å². The first-order chi connectivity index (χ1) is 9.74. The molecule has 1 atom stereocenters. The minimum absolute atomic E-state index is 0.157. The van der Waals surface area contributed by atoms with Gasteiger partial charge in [0, 0.05) is 13.2 Å². The molecule has 1 unspecified atom stereocenters. The Morgan fingerprint density at radius 1 is 1.20 bits per heavy atom. The van der Waals surface area contributed by atoms with Crippen LogP contribution in [0.2, 0.25) is 0 Å². The number of rotatable bonds is 6. The van der Waals surface area contributed by atoms with Crippen LogP contribution in [0.5, 0.6) is 0 Å². The van der Waals surface area contributed by atoms with E-state index in [2.05, 4.69) is 30.6 Å².